The Morgan fingerprint density at radius 1 is 1.75 bits per heavy atom. The van der Waals surface area contributed by atoms with Crippen molar-refractivity contribution in [2.24, 2.45) is 0 Å². The summed E-state index contributed by atoms with van der Waals surface area (Å²) in [5, 5.41) is 0. The minimum absolute atomic E-state index is 0.548. The molecule has 0 saturated carbocycles. The largest absolute Gasteiger partial charge is 0.343 e. The van der Waals surface area contributed by atoms with Crippen LogP contribution in [0.15, 0.2) is 12.8 Å². The van der Waals surface area contributed by atoms with Crippen LogP contribution in [0.2, 0.25) is 0 Å². The van der Waals surface area contributed by atoms with Gasteiger partial charge in [0.15, 0.2) is 0 Å². The monoisotopic (exact) mass is 132 g/mol. The van der Waals surface area contributed by atoms with Crippen LogP contribution in [-0.2, 0) is 13.4 Å². The first-order chi connectivity index (χ1) is 3.91. The fourth-order valence-corrected chi connectivity index (χ4v) is 0.232. The molecule has 0 aliphatic carbocycles. The van der Waals surface area contributed by atoms with Crippen LogP contribution >= 0.6 is 12.3 Å². The van der Waals surface area contributed by atoms with Gasteiger partial charge in [0.05, 0.1) is 0 Å². The zero-order valence-corrected chi connectivity index (χ0v) is 4.81. The van der Waals surface area contributed by atoms with Crippen LogP contribution in [0.25, 0.3) is 0 Å². The van der Waals surface area contributed by atoms with E-state index < -0.39 is 0 Å². The van der Waals surface area contributed by atoms with E-state index in [9.17, 15) is 0 Å². The van der Waals surface area contributed by atoms with Crippen molar-refractivity contribution < 1.29 is 13.4 Å². The van der Waals surface area contributed by atoms with E-state index in [-0.39, 0.29) is 0 Å². The molecule has 0 aromatic carbocycles. The van der Waals surface area contributed by atoms with E-state index in [1.54, 1.807) is 0 Å². The summed E-state index contributed by atoms with van der Waals surface area (Å²) in [6.45, 7) is 3.19. The predicted octanol–water partition coefficient (Wildman–Crippen LogP) is 1.25. The average Bonchev–Trinajstić information content (AvgIpc) is 1.81. The van der Waals surface area contributed by atoms with Crippen molar-refractivity contribution in [3.05, 3.63) is 12.8 Å². The summed E-state index contributed by atoms with van der Waals surface area (Å²) in [6.07, 6.45) is 7.61. The normalized spacial score (nSPS) is 6.88. The zero-order valence-electron chi connectivity index (χ0n) is 3.99. The summed E-state index contributed by atoms with van der Waals surface area (Å²) in [7, 11) is 0. The van der Waals surface area contributed by atoms with Crippen LogP contribution in [0.4, 0.5) is 0 Å². The maximum atomic E-state index is 4.66. The molecule has 0 aromatic heterocycles. The van der Waals surface area contributed by atoms with Crippen molar-refractivity contribution in [1.82, 2.24) is 0 Å². The molecule has 0 bridgehead atoms. The summed E-state index contributed by atoms with van der Waals surface area (Å²) >= 11 is 0.548. The fraction of sp³-hybridized carbons (Fsp3) is 0. The van der Waals surface area contributed by atoms with E-state index in [2.05, 4.69) is 26.4 Å². The van der Waals surface area contributed by atoms with Crippen molar-refractivity contribution in [2.45, 2.75) is 0 Å². The van der Waals surface area contributed by atoms with Crippen molar-refractivity contribution in [2.75, 3.05) is 0 Å². The smallest absolute Gasteiger partial charge is 0.280 e. The third kappa shape index (κ3) is 5.21. The van der Waals surface area contributed by atoms with Gasteiger partial charge in [0.25, 0.3) is 12.3 Å². The Balaban J connectivity index is 2.74. The fourth-order valence-electron chi connectivity index (χ4n) is 0.0773. The number of terminal acetylenes is 1. The van der Waals surface area contributed by atoms with E-state index >= 15 is 0 Å². The van der Waals surface area contributed by atoms with Gasteiger partial charge in [-0.2, -0.15) is 0 Å². The first-order valence-corrected chi connectivity index (χ1v) is 2.30. The lowest BCUT2D eigenvalue weighted by atomic mass is 11.2. The van der Waals surface area contributed by atoms with Crippen LogP contribution in [0, 0.1) is 12.5 Å². The van der Waals surface area contributed by atoms with E-state index in [0.717, 1.165) is 6.26 Å². The van der Waals surface area contributed by atoms with Crippen LogP contribution in [0.5, 0.6) is 0 Å². The molecular weight excluding hydrogens is 128 g/mol. The molecule has 0 amide bonds. The van der Waals surface area contributed by atoms with E-state index in [4.69, 9.17) is 0 Å². The van der Waals surface area contributed by atoms with Gasteiger partial charge in [0.2, 0.25) is 0 Å². The topological polar surface area (TPSA) is 27.7 Å². The minimum atomic E-state index is 0.548. The molecule has 0 aliphatic rings. The lowest BCUT2D eigenvalue weighted by molar-refractivity contribution is -0.134. The van der Waals surface area contributed by atoms with Gasteiger partial charge in [-0.05, 0) is 0 Å². The van der Waals surface area contributed by atoms with Crippen molar-refractivity contribution in [1.29, 1.82) is 0 Å². The van der Waals surface area contributed by atoms with Gasteiger partial charge in [0, 0.05) is 0 Å². The van der Waals surface area contributed by atoms with Gasteiger partial charge in [0.1, 0.15) is 12.4 Å². The molecule has 8 heavy (non-hydrogen) atoms. The molecule has 3 nitrogen and oxygen atoms in total. The van der Waals surface area contributed by atoms with Gasteiger partial charge in [-0.1, -0.05) is 17.3 Å². The Morgan fingerprint density at radius 3 is 3.00 bits per heavy atom. The Labute approximate surface area is 52.0 Å². The lowest BCUT2D eigenvalue weighted by Crippen LogP contribution is -1.73. The quantitative estimate of drug-likeness (QED) is 0.144. The molecule has 0 unspecified atom stereocenters. The SMILES string of the molecule is C#COSOOC=C. The molecule has 0 spiro atoms. The average molecular weight is 132 g/mol. The standard InChI is InChI=1S/C4H4O3S/c1-3-5-7-8-6-4-2/h2-3H,1H2. The molecule has 0 aromatic rings. The van der Waals surface area contributed by atoms with Crippen LogP contribution in [0.1, 0.15) is 0 Å². The Morgan fingerprint density at radius 2 is 2.50 bits per heavy atom. The molecule has 0 saturated heterocycles. The van der Waals surface area contributed by atoms with E-state index in [1.807, 2.05) is 6.11 Å². The highest BCUT2D eigenvalue weighted by Gasteiger charge is 1.81. The van der Waals surface area contributed by atoms with Gasteiger partial charge < -0.3 is 9.07 Å². The molecule has 44 valence electrons. The third-order valence-electron chi connectivity index (χ3n) is 0.217. The number of hydrogen-bond acceptors (Lipinski definition) is 4. The molecule has 4 heteroatoms. The van der Waals surface area contributed by atoms with Crippen molar-refractivity contribution in [3.63, 3.8) is 0 Å². The summed E-state index contributed by atoms with van der Waals surface area (Å²) < 4.78 is 8.34. The third-order valence-corrected chi connectivity index (χ3v) is 0.516. The maximum absolute atomic E-state index is 4.66. The highest BCUT2D eigenvalue weighted by molar-refractivity contribution is 7.89. The molecular formula is C4H4O3S. The highest BCUT2D eigenvalue weighted by Crippen LogP contribution is 2.02. The van der Waals surface area contributed by atoms with Gasteiger partial charge >= 0.3 is 0 Å². The summed E-state index contributed by atoms with van der Waals surface area (Å²) in [4.78, 5) is 4.14. The second-order valence-corrected chi connectivity index (χ2v) is 1.04. The van der Waals surface area contributed by atoms with Gasteiger partial charge in [-0.25, -0.2) is 0 Å². The molecule has 0 rings (SSSR count). The van der Waals surface area contributed by atoms with Crippen molar-refractivity contribution in [3.8, 4) is 12.5 Å². The lowest BCUT2D eigenvalue weighted by Gasteiger charge is -1.90. The Bertz CT molecular complexity index is 95.9. The van der Waals surface area contributed by atoms with E-state index in [0.29, 0.717) is 12.3 Å². The van der Waals surface area contributed by atoms with Crippen molar-refractivity contribution >= 4 is 12.3 Å². The molecule has 0 atom stereocenters. The molecule has 0 N–H and O–H groups in total. The molecule has 0 fully saturated rings. The van der Waals surface area contributed by atoms with Crippen LogP contribution in [0.3, 0.4) is 0 Å². The second kappa shape index (κ2) is 6.21. The first-order valence-electron chi connectivity index (χ1n) is 1.64. The summed E-state index contributed by atoms with van der Waals surface area (Å²) in [5.74, 6) is 0. The van der Waals surface area contributed by atoms with Crippen LogP contribution < -0.4 is 0 Å². The molecule has 0 heterocycles. The summed E-state index contributed by atoms with van der Waals surface area (Å²) in [6, 6.07) is 0. The highest BCUT2D eigenvalue weighted by atomic mass is 32.2. The number of hydrogen-bond donors (Lipinski definition) is 0. The van der Waals surface area contributed by atoms with Crippen LogP contribution in [-0.4, -0.2) is 0 Å². The Hall–Kier alpha value is -0.790. The first kappa shape index (κ1) is 7.21. The minimum Gasteiger partial charge on any atom is -0.343 e. The Kier molecular flexibility index (Phi) is 5.60. The predicted molar refractivity (Wildman–Crippen MR) is 29.9 cm³/mol. The van der Waals surface area contributed by atoms with Gasteiger partial charge in [-0.3, -0.25) is 0 Å². The zero-order chi connectivity index (χ0) is 6.24. The van der Waals surface area contributed by atoms with Gasteiger partial charge in [-0.15, -0.1) is 0 Å². The maximum Gasteiger partial charge on any atom is 0.280 e. The second-order valence-electron chi connectivity index (χ2n) is 0.600. The molecule has 0 aliphatic heterocycles. The van der Waals surface area contributed by atoms with E-state index in [1.165, 1.54) is 0 Å². The summed E-state index contributed by atoms with van der Waals surface area (Å²) in [5.41, 5.74) is 0. The number of rotatable bonds is 4. The molecule has 0 radical (unpaired) electrons.